The van der Waals surface area contributed by atoms with Crippen LogP contribution in [-0.2, 0) is 0 Å². The summed E-state index contributed by atoms with van der Waals surface area (Å²) in [7, 11) is 0. The first kappa shape index (κ1) is 9.43. The van der Waals surface area contributed by atoms with Crippen LogP contribution in [-0.4, -0.2) is 9.61 Å². The van der Waals surface area contributed by atoms with E-state index < -0.39 is 0 Å². The first-order valence-corrected chi connectivity index (χ1v) is 5.42. The molecule has 0 bridgehead atoms. The van der Waals surface area contributed by atoms with Gasteiger partial charge < -0.3 is 0 Å². The highest BCUT2D eigenvalue weighted by Crippen LogP contribution is 2.26. The van der Waals surface area contributed by atoms with Crippen molar-refractivity contribution in [3.63, 3.8) is 0 Å². The summed E-state index contributed by atoms with van der Waals surface area (Å²) in [6.07, 6.45) is 1.93. The molecule has 0 saturated heterocycles. The number of pyridine rings is 1. The van der Waals surface area contributed by atoms with Crippen molar-refractivity contribution in [2.75, 3.05) is 0 Å². The lowest BCUT2D eigenvalue weighted by molar-refractivity contribution is 0.966. The van der Waals surface area contributed by atoms with E-state index >= 15 is 0 Å². The van der Waals surface area contributed by atoms with E-state index in [1.807, 2.05) is 59.2 Å². The van der Waals surface area contributed by atoms with Gasteiger partial charge in [-0.05, 0) is 24.3 Å². The maximum Gasteiger partial charge on any atom is 0.0948 e. The Hall–Kier alpha value is -1.80. The zero-order valence-corrected chi connectivity index (χ0v) is 9.22. The molecule has 3 heteroatoms. The summed E-state index contributed by atoms with van der Waals surface area (Å²) in [4.78, 5) is 0. The number of hydrogen-bond donors (Lipinski definition) is 0. The van der Waals surface area contributed by atoms with E-state index in [-0.39, 0.29) is 0 Å². The number of halogens is 1. The van der Waals surface area contributed by atoms with Crippen LogP contribution >= 0.6 is 11.6 Å². The van der Waals surface area contributed by atoms with Crippen LogP contribution in [0, 0.1) is 0 Å². The van der Waals surface area contributed by atoms with Gasteiger partial charge in [0, 0.05) is 11.8 Å². The number of fused-ring (bicyclic) bond motifs is 1. The lowest BCUT2D eigenvalue weighted by Gasteiger charge is -1.97. The molecule has 0 N–H and O–H groups in total. The summed E-state index contributed by atoms with van der Waals surface area (Å²) in [5.74, 6) is 0. The van der Waals surface area contributed by atoms with Gasteiger partial charge >= 0.3 is 0 Å². The Balaban J connectivity index is 2.23. The number of aromatic nitrogens is 2. The topological polar surface area (TPSA) is 17.3 Å². The van der Waals surface area contributed by atoms with Crippen molar-refractivity contribution in [2.45, 2.75) is 0 Å². The molecule has 0 aliphatic carbocycles. The van der Waals surface area contributed by atoms with E-state index in [2.05, 4.69) is 5.10 Å². The second-order valence-corrected chi connectivity index (χ2v) is 3.99. The number of nitrogens with zero attached hydrogens (tertiary/aromatic N) is 2. The summed E-state index contributed by atoms with van der Waals surface area (Å²) < 4.78 is 1.85. The Morgan fingerprint density at radius 2 is 1.81 bits per heavy atom. The number of benzene rings is 1. The Morgan fingerprint density at radius 1 is 1.00 bits per heavy atom. The largest absolute Gasteiger partial charge is 0.240 e. The maximum absolute atomic E-state index is 6.14. The molecular weight excluding hydrogens is 220 g/mol. The molecule has 2 aromatic heterocycles. The van der Waals surface area contributed by atoms with Crippen molar-refractivity contribution in [2.24, 2.45) is 0 Å². The van der Waals surface area contributed by atoms with E-state index in [0.717, 1.165) is 21.8 Å². The Labute approximate surface area is 98.1 Å². The van der Waals surface area contributed by atoms with Gasteiger partial charge in [0.25, 0.3) is 0 Å². The van der Waals surface area contributed by atoms with Gasteiger partial charge in [0.15, 0.2) is 0 Å². The van der Waals surface area contributed by atoms with Crippen LogP contribution in [0.25, 0.3) is 16.8 Å². The van der Waals surface area contributed by atoms with Crippen LogP contribution in [0.3, 0.4) is 0 Å². The third kappa shape index (κ3) is 1.48. The zero-order chi connectivity index (χ0) is 11.0. The monoisotopic (exact) mass is 228 g/mol. The smallest absolute Gasteiger partial charge is 0.0948 e. The highest BCUT2D eigenvalue weighted by Gasteiger charge is 2.06. The quantitative estimate of drug-likeness (QED) is 0.621. The van der Waals surface area contributed by atoms with Crippen molar-refractivity contribution >= 4 is 17.1 Å². The van der Waals surface area contributed by atoms with Gasteiger partial charge in [-0.2, -0.15) is 5.10 Å². The van der Waals surface area contributed by atoms with Gasteiger partial charge in [0.1, 0.15) is 0 Å². The molecule has 16 heavy (non-hydrogen) atoms. The normalized spacial score (nSPS) is 10.8. The molecule has 78 valence electrons. The molecule has 3 rings (SSSR count). The molecule has 0 saturated carbocycles. The molecule has 0 atom stereocenters. The summed E-state index contributed by atoms with van der Waals surface area (Å²) >= 11 is 6.14. The molecule has 0 amide bonds. The molecule has 2 nitrogen and oxygen atoms in total. The van der Waals surface area contributed by atoms with E-state index in [9.17, 15) is 0 Å². The number of rotatable bonds is 1. The fourth-order valence-corrected chi connectivity index (χ4v) is 1.97. The molecule has 0 radical (unpaired) electrons. The minimum atomic E-state index is 0.728. The Morgan fingerprint density at radius 3 is 2.62 bits per heavy atom. The molecule has 0 fully saturated rings. The minimum absolute atomic E-state index is 0.728. The molecule has 1 aromatic carbocycles. The molecule has 2 heterocycles. The van der Waals surface area contributed by atoms with Crippen LogP contribution in [0.15, 0.2) is 54.7 Å². The van der Waals surface area contributed by atoms with Gasteiger partial charge in [-0.1, -0.05) is 35.9 Å². The highest BCUT2D eigenvalue weighted by atomic mass is 35.5. The molecule has 3 aromatic rings. The second-order valence-electron chi connectivity index (χ2n) is 3.58. The summed E-state index contributed by atoms with van der Waals surface area (Å²) in [6, 6.07) is 15.7. The standard InChI is InChI=1S/C13H9ClN2/c14-12-7-2-1-6-11(12)13-9-10-5-3-4-8-16(10)15-13/h1-9H. The van der Waals surface area contributed by atoms with Crippen LogP contribution in [0.4, 0.5) is 0 Å². The molecule has 0 unspecified atom stereocenters. The van der Waals surface area contributed by atoms with E-state index in [1.54, 1.807) is 0 Å². The summed E-state index contributed by atoms with van der Waals surface area (Å²) in [5.41, 5.74) is 2.93. The fourth-order valence-electron chi connectivity index (χ4n) is 1.74. The molecular formula is C13H9ClN2. The zero-order valence-electron chi connectivity index (χ0n) is 8.47. The van der Waals surface area contributed by atoms with Gasteiger partial charge in [0.05, 0.1) is 16.2 Å². The fraction of sp³-hybridized carbons (Fsp3) is 0. The summed E-state index contributed by atoms with van der Waals surface area (Å²) in [6.45, 7) is 0. The maximum atomic E-state index is 6.14. The molecule has 0 aliphatic heterocycles. The van der Waals surface area contributed by atoms with Gasteiger partial charge in [-0.15, -0.1) is 0 Å². The lowest BCUT2D eigenvalue weighted by Crippen LogP contribution is -1.85. The summed E-state index contributed by atoms with van der Waals surface area (Å²) in [5, 5.41) is 5.20. The van der Waals surface area contributed by atoms with E-state index in [1.165, 1.54) is 0 Å². The van der Waals surface area contributed by atoms with Crippen molar-refractivity contribution in [1.82, 2.24) is 9.61 Å². The van der Waals surface area contributed by atoms with Crippen LogP contribution in [0.1, 0.15) is 0 Å². The predicted octanol–water partition coefficient (Wildman–Crippen LogP) is 3.65. The average Bonchev–Trinajstić information content (AvgIpc) is 2.73. The Kier molecular flexibility index (Phi) is 2.15. The third-order valence-corrected chi connectivity index (χ3v) is 2.85. The van der Waals surface area contributed by atoms with Crippen molar-refractivity contribution in [1.29, 1.82) is 0 Å². The second kappa shape index (κ2) is 3.65. The van der Waals surface area contributed by atoms with Gasteiger partial charge in [0.2, 0.25) is 0 Å². The minimum Gasteiger partial charge on any atom is -0.240 e. The lowest BCUT2D eigenvalue weighted by atomic mass is 10.1. The third-order valence-electron chi connectivity index (χ3n) is 2.52. The van der Waals surface area contributed by atoms with Crippen LogP contribution < -0.4 is 0 Å². The van der Waals surface area contributed by atoms with E-state index in [4.69, 9.17) is 11.6 Å². The Bertz CT molecular complexity index is 610. The van der Waals surface area contributed by atoms with Crippen molar-refractivity contribution in [3.05, 3.63) is 59.8 Å². The van der Waals surface area contributed by atoms with Gasteiger partial charge in [-0.3, -0.25) is 0 Å². The predicted molar refractivity (Wildman–Crippen MR) is 65.6 cm³/mol. The first-order chi connectivity index (χ1) is 7.84. The van der Waals surface area contributed by atoms with Crippen LogP contribution in [0.2, 0.25) is 5.02 Å². The SMILES string of the molecule is Clc1ccccc1-c1cc2ccccn2n1. The van der Waals surface area contributed by atoms with Gasteiger partial charge in [-0.25, -0.2) is 4.52 Å². The highest BCUT2D eigenvalue weighted by molar-refractivity contribution is 6.33. The van der Waals surface area contributed by atoms with Crippen LogP contribution in [0.5, 0.6) is 0 Å². The molecule has 0 spiro atoms. The van der Waals surface area contributed by atoms with E-state index in [0.29, 0.717) is 0 Å². The van der Waals surface area contributed by atoms with Crippen molar-refractivity contribution in [3.8, 4) is 11.3 Å². The van der Waals surface area contributed by atoms with Crippen molar-refractivity contribution < 1.29 is 0 Å². The molecule has 0 aliphatic rings. The number of hydrogen-bond acceptors (Lipinski definition) is 1. The average molecular weight is 229 g/mol. The first-order valence-electron chi connectivity index (χ1n) is 5.04.